The van der Waals surface area contributed by atoms with Crippen LogP contribution in [0.4, 0.5) is 4.39 Å². The summed E-state index contributed by atoms with van der Waals surface area (Å²) in [5, 5.41) is 6.75. The highest BCUT2D eigenvalue weighted by atomic mass is 19.1. The Morgan fingerprint density at radius 3 is 2.76 bits per heavy atom. The van der Waals surface area contributed by atoms with Gasteiger partial charge in [0, 0.05) is 24.3 Å². The van der Waals surface area contributed by atoms with E-state index in [4.69, 9.17) is 9.26 Å². The van der Waals surface area contributed by atoms with Gasteiger partial charge in [-0.25, -0.2) is 4.39 Å². The maximum atomic E-state index is 13.4. The molecule has 0 saturated heterocycles. The average Bonchev–Trinajstić information content (AvgIpc) is 3.04. The Morgan fingerprint density at radius 2 is 2.12 bits per heavy atom. The van der Waals surface area contributed by atoms with Crippen LogP contribution in [-0.4, -0.2) is 23.2 Å². The molecule has 1 aromatic heterocycles. The Labute approximate surface area is 146 Å². The summed E-state index contributed by atoms with van der Waals surface area (Å²) in [5.41, 5.74) is 0.606. The molecule has 1 unspecified atom stereocenters. The van der Waals surface area contributed by atoms with Crippen LogP contribution in [0, 0.1) is 5.82 Å². The number of rotatable bonds is 8. The number of carbonyl (C=O) groups excluding carboxylic acids is 1. The van der Waals surface area contributed by atoms with Gasteiger partial charge in [0.25, 0.3) is 0 Å². The van der Waals surface area contributed by atoms with E-state index in [1.807, 2.05) is 13.8 Å². The first-order valence-corrected chi connectivity index (χ1v) is 8.36. The number of nitrogens with one attached hydrogen (secondary N) is 1. The van der Waals surface area contributed by atoms with Crippen molar-refractivity contribution in [3.05, 3.63) is 41.3 Å². The summed E-state index contributed by atoms with van der Waals surface area (Å²) < 4.78 is 23.8. The summed E-state index contributed by atoms with van der Waals surface area (Å²) in [6, 6.07) is 3.89. The van der Waals surface area contributed by atoms with E-state index in [0.717, 1.165) is 0 Å². The third kappa shape index (κ3) is 5.27. The monoisotopic (exact) mass is 349 g/mol. The van der Waals surface area contributed by atoms with E-state index in [1.165, 1.54) is 19.2 Å². The van der Waals surface area contributed by atoms with Crippen molar-refractivity contribution in [3.8, 4) is 5.75 Å². The Morgan fingerprint density at radius 1 is 1.36 bits per heavy atom. The summed E-state index contributed by atoms with van der Waals surface area (Å²) in [7, 11) is 1.51. The standard InChI is InChI=1S/C18H24FN3O3/c1-11(2)18-21-17(25-22-18)7-5-6-16(23)20-12(3)14-10-13(19)8-9-15(14)24-4/h8-12H,5-7H2,1-4H3,(H,20,23). The highest BCUT2D eigenvalue weighted by Crippen LogP contribution is 2.25. The summed E-state index contributed by atoms with van der Waals surface area (Å²) in [4.78, 5) is 16.4. The molecule has 1 atom stereocenters. The molecule has 0 aliphatic carbocycles. The van der Waals surface area contributed by atoms with Gasteiger partial charge in [0.05, 0.1) is 13.2 Å². The highest BCUT2D eigenvalue weighted by molar-refractivity contribution is 5.76. The van der Waals surface area contributed by atoms with Gasteiger partial charge in [-0.05, 0) is 31.5 Å². The number of hydrogen-bond acceptors (Lipinski definition) is 5. The zero-order chi connectivity index (χ0) is 18.4. The van der Waals surface area contributed by atoms with Crippen molar-refractivity contribution in [2.45, 2.75) is 52.0 Å². The first-order valence-electron chi connectivity index (χ1n) is 8.36. The quantitative estimate of drug-likeness (QED) is 0.789. The molecule has 2 rings (SSSR count). The molecule has 0 radical (unpaired) electrons. The van der Waals surface area contributed by atoms with Crippen molar-refractivity contribution >= 4 is 5.91 Å². The zero-order valence-corrected chi connectivity index (χ0v) is 15.0. The lowest BCUT2D eigenvalue weighted by atomic mass is 10.1. The van der Waals surface area contributed by atoms with E-state index < -0.39 is 0 Å². The van der Waals surface area contributed by atoms with Gasteiger partial charge < -0.3 is 14.6 Å². The van der Waals surface area contributed by atoms with Gasteiger partial charge in [0.15, 0.2) is 5.82 Å². The number of nitrogens with zero attached hydrogens (tertiary/aromatic N) is 2. The van der Waals surface area contributed by atoms with E-state index in [-0.39, 0.29) is 23.7 Å². The van der Waals surface area contributed by atoms with Crippen molar-refractivity contribution < 1.29 is 18.4 Å². The number of carbonyl (C=O) groups is 1. The molecule has 0 aliphatic heterocycles. The molecule has 0 aliphatic rings. The van der Waals surface area contributed by atoms with Crippen LogP contribution in [0.5, 0.6) is 5.75 Å². The molecule has 0 fully saturated rings. The minimum Gasteiger partial charge on any atom is -0.496 e. The number of hydrogen-bond donors (Lipinski definition) is 1. The minimum absolute atomic E-state index is 0.123. The smallest absolute Gasteiger partial charge is 0.226 e. The molecular formula is C18H24FN3O3. The first-order chi connectivity index (χ1) is 11.9. The number of aryl methyl sites for hydroxylation is 1. The van der Waals surface area contributed by atoms with Gasteiger partial charge in [-0.3, -0.25) is 4.79 Å². The third-order valence-electron chi connectivity index (χ3n) is 3.83. The molecule has 1 N–H and O–H groups in total. The lowest BCUT2D eigenvalue weighted by molar-refractivity contribution is -0.121. The van der Waals surface area contributed by atoms with Crippen molar-refractivity contribution in [1.29, 1.82) is 0 Å². The summed E-state index contributed by atoms with van der Waals surface area (Å²) in [6.07, 6.45) is 1.46. The molecule has 136 valence electrons. The zero-order valence-electron chi connectivity index (χ0n) is 15.0. The Bertz CT molecular complexity index is 715. The fraction of sp³-hybridized carbons (Fsp3) is 0.500. The average molecular weight is 349 g/mol. The van der Waals surface area contributed by atoms with Crippen molar-refractivity contribution in [3.63, 3.8) is 0 Å². The fourth-order valence-corrected chi connectivity index (χ4v) is 2.44. The van der Waals surface area contributed by atoms with Gasteiger partial charge in [-0.15, -0.1) is 0 Å². The molecular weight excluding hydrogens is 325 g/mol. The van der Waals surface area contributed by atoms with Crippen LogP contribution >= 0.6 is 0 Å². The summed E-state index contributed by atoms with van der Waals surface area (Å²) in [5.74, 6) is 1.48. The van der Waals surface area contributed by atoms with Crippen molar-refractivity contribution in [1.82, 2.24) is 15.5 Å². The topological polar surface area (TPSA) is 77.2 Å². The van der Waals surface area contributed by atoms with E-state index in [1.54, 1.807) is 13.0 Å². The summed E-state index contributed by atoms with van der Waals surface area (Å²) >= 11 is 0. The Balaban J connectivity index is 1.84. The maximum Gasteiger partial charge on any atom is 0.226 e. The lowest BCUT2D eigenvalue weighted by Crippen LogP contribution is -2.26. The SMILES string of the molecule is COc1ccc(F)cc1C(C)NC(=O)CCCc1nc(C(C)C)no1. The first kappa shape index (κ1) is 18.9. The molecule has 25 heavy (non-hydrogen) atoms. The van der Waals surface area contributed by atoms with E-state index in [0.29, 0.717) is 42.3 Å². The Kier molecular flexibility index (Phi) is 6.50. The second-order valence-electron chi connectivity index (χ2n) is 6.23. The van der Waals surface area contributed by atoms with Gasteiger partial charge in [-0.1, -0.05) is 19.0 Å². The molecule has 0 spiro atoms. The number of halogens is 1. The molecule has 0 saturated carbocycles. The van der Waals surface area contributed by atoms with E-state index in [9.17, 15) is 9.18 Å². The maximum absolute atomic E-state index is 13.4. The third-order valence-corrected chi connectivity index (χ3v) is 3.83. The second kappa shape index (κ2) is 8.60. The number of methoxy groups -OCH3 is 1. The fourth-order valence-electron chi connectivity index (χ4n) is 2.44. The number of benzene rings is 1. The molecule has 1 amide bonds. The number of aromatic nitrogens is 2. The normalized spacial score (nSPS) is 12.2. The molecule has 1 aromatic carbocycles. The van der Waals surface area contributed by atoms with Crippen LogP contribution < -0.4 is 10.1 Å². The lowest BCUT2D eigenvalue weighted by Gasteiger charge is -2.17. The van der Waals surface area contributed by atoms with Gasteiger partial charge in [-0.2, -0.15) is 4.98 Å². The van der Waals surface area contributed by atoms with Crippen LogP contribution in [0.2, 0.25) is 0 Å². The van der Waals surface area contributed by atoms with Crippen LogP contribution in [0.15, 0.2) is 22.7 Å². The van der Waals surface area contributed by atoms with Crippen LogP contribution in [0.25, 0.3) is 0 Å². The van der Waals surface area contributed by atoms with Crippen LogP contribution in [0.1, 0.15) is 62.9 Å². The number of ether oxygens (including phenoxy) is 1. The van der Waals surface area contributed by atoms with Crippen LogP contribution in [0.3, 0.4) is 0 Å². The van der Waals surface area contributed by atoms with Crippen LogP contribution in [-0.2, 0) is 11.2 Å². The van der Waals surface area contributed by atoms with Crippen molar-refractivity contribution in [2.24, 2.45) is 0 Å². The minimum atomic E-state index is -0.366. The van der Waals surface area contributed by atoms with E-state index >= 15 is 0 Å². The predicted molar refractivity (Wildman–Crippen MR) is 90.8 cm³/mol. The highest BCUT2D eigenvalue weighted by Gasteiger charge is 2.15. The molecule has 6 nitrogen and oxygen atoms in total. The molecule has 2 aromatic rings. The molecule has 1 heterocycles. The second-order valence-corrected chi connectivity index (χ2v) is 6.23. The van der Waals surface area contributed by atoms with Gasteiger partial charge >= 0.3 is 0 Å². The largest absolute Gasteiger partial charge is 0.496 e. The van der Waals surface area contributed by atoms with Gasteiger partial charge in [0.2, 0.25) is 11.8 Å². The van der Waals surface area contributed by atoms with Crippen molar-refractivity contribution in [2.75, 3.05) is 7.11 Å². The molecule has 7 heteroatoms. The summed E-state index contributed by atoms with van der Waals surface area (Å²) in [6.45, 7) is 5.77. The van der Waals surface area contributed by atoms with E-state index in [2.05, 4.69) is 15.5 Å². The number of amides is 1. The Hall–Kier alpha value is -2.44. The van der Waals surface area contributed by atoms with Gasteiger partial charge in [0.1, 0.15) is 11.6 Å². The predicted octanol–water partition coefficient (Wildman–Crippen LogP) is 3.54. The molecule has 0 bridgehead atoms.